The Balaban J connectivity index is 2.63. The maximum atomic E-state index is 11.7. The summed E-state index contributed by atoms with van der Waals surface area (Å²) < 4.78 is 4.73. The van der Waals surface area contributed by atoms with Gasteiger partial charge in [0.25, 0.3) is 0 Å². The van der Waals surface area contributed by atoms with Crippen LogP contribution in [-0.2, 0) is 9.53 Å². The number of halogens is 1. The smallest absolute Gasteiger partial charge is 0.413 e. The molecular weight excluding hydrogens is 254 g/mol. The standard InChI is InChI=1S/C13H16ClNO3/c1-18-13(17)15(9-5-8-12(16)10-14)11-6-3-2-4-7-11/h2-4,6-7H,5,8-10H2,1H3. The number of hydrogen-bond acceptors (Lipinski definition) is 3. The van der Waals surface area contributed by atoms with E-state index in [2.05, 4.69) is 0 Å². The first-order valence-electron chi connectivity index (χ1n) is 5.67. The van der Waals surface area contributed by atoms with E-state index >= 15 is 0 Å². The molecule has 0 unspecified atom stereocenters. The molecule has 1 amide bonds. The monoisotopic (exact) mass is 269 g/mol. The van der Waals surface area contributed by atoms with Gasteiger partial charge in [0.2, 0.25) is 0 Å². The Kier molecular flexibility index (Phi) is 6.22. The van der Waals surface area contributed by atoms with Gasteiger partial charge in [-0.05, 0) is 18.6 Å². The minimum Gasteiger partial charge on any atom is -0.452 e. The molecule has 0 bridgehead atoms. The molecule has 0 heterocycles. The normalized spacial score (nSPS) is 9.89. The molecule has 0 aromatic heterocycles. The summed E-state index contributed by atoms with van der Waals surface area (Å²) in [6.07, 6.45) is 0.499. The predicted octanol–water partition coefficient (Wildman–Crippen LogP) is 2.85. The third-order valence-electron chi connectivity index (χ3n) is 2.45. The van der Waals surface area contributed by atoms with Gasteiger partial charge in [-0.3, -0.25) is 9.69 Å². The summed E-state index contributed by atoms with van der Waals surface area (Å²) in [5.74, 6) is -0.00152. The van der Waals surface area contributed by atoms with E-state index in [0.29, 0.717) is 19.4 Å². The number of carbonyl (C=O) groups is 2. The molecule has 0 N–H and O–H groups in total. The van der Waals surface area contributed by atoms with Gasteiger partial charge in [-0.1, -0.05) is 18.2 Å². The number of alkyl halides is 1. The number of amides is 1. The second kappa shape index (κ2) is 7.71. The first-order valence-corrected chi connectivity index (χ1v) is 6.20. The van der Waals surface area contributed by atoms with E-state index < -0.39 is 6.09 Å². The van der Waals surface area contributed by atoms with Gasteiger partial charge in [0.15, 0.2) is 0 Å². The zero-order valence-corrected chi connectivity index (χ0v) is 11.0. The summed E-state index contributed by atoms with van der Waals surface area (Å²) in [5, 5.41) is 0. The van der Waals surface area contributed by atoms with Crippen LogP contribution in [0.2, 0.25) is 0 Å². The van der Waals surface area contributed by atoms with Gasteiger partial charge in [0.05, 0.1) is 13.0 Å². The Labute approximate surface area is 111 Å². The Morgan fingerprint density at radius 2 is 1.94 bits per heavy atom. The van der Waals surface area contributed by atoms with Crippen molar-refractivity contribution in [2.75, 3.05) is 24.4 Å². The maximum absolute atomic E-state index is 11.7. The number of rotatable bonds is 6. The van der Waals surface area contributed by atoms with E-state index in [1.54, 1.807) is 0 Å². The van der Waals surface area contributed by atoms with Crippen molar-refractivity contribution in [3.8, 4) is 0 Å². The molecule has 0 radical (unpaired) electrons. The van der Waals surface area contributed by atoms with E-state index in [1.807, 2.05) is 30.3 Å². The van der Waals surface area contributed by atoms with E-state index in [9.17, 15) is 9.59 Å². The second-order valence-corrected chi connectivity index (χ2v) is 4.00. The third kappa shape index (κ3) is 4.37. The maximum Gasteiger partial charge on any atom is 0.413 e. The molecule has 0 saturated heterocycles. The number of hydrogen-bond donors (Lipinski definition) is 0. The van der Waals surface area contributed by atoms with Crippen molar-refractivity contribution >= 4 is 29.2 Å². The molecule has 0 atom stereocenters. The highest BCUT2D eigenvalue weighted by atomic mass is 35.5. The van der Waals surface area contributed by atoms with Crippen LogP contribution in [0.5, 0.6) is 0 Å². The topological polar surface area (TPSA) is 46.6 Å². The third-order valence-corrected chi connectivity index (χ3v) is 2.75. The summed E-state index contributed by atoms with van der Waals surface area (Å²) in [7, 11) is 1.34. The molecule has 5 heteroatoms. The van der Waals surface area contributed by atoms with Crippen molar-refractivity contribution in [2.45, 2.75) is 12.8 Å². The fourth-order valence-electron chi connectivity index (χ4n) is 1.55. The highest BCUT2D eigenvalue weighted by Crippen LogP contribution is 2.15. The molecule has 1 aromatic carbocycles. The van der Waals surface area contributed by atoms with Crippen LogP contribution in [0.1, 0.15) is 12.8 Å². The van der Waals surface area contributed by atoms with E-state index in [4.69, 9.17) is 16.3 Å². The molecule has 18 heavy (non-hydrogen) atoms. The van der Waals surface area contributed by atoms with Crippen molar-refractivity contribution in [2.24, 2.45) is 0 Å². The zero-order valence-electron chi connectivity index (χ0n) is 10.3. The number of benzene rings is 1. The van der Waals surface area contributed by atoms with Gasteiger partial charge in [-0.2, -0.15) is 0 Å². The average molecular weight is 270 g/mol. The van der Waals surface area contributed by atoms with Gasteiger partial charge in [-0.15, -0.1) is 11.6 Å². The summed E-state index contributed by atoms with van der Waals surface area (Å²) in [4.78, 5) is 24.3. The lowest BCUT2D eigenvalue weighted by atomic mass is 10.2. The summed E-state index contributed by atoms with van der Waals surface area (Å²) in [6, 6.07) is 9.20. The van der Waals surface area contributed by atoms with Gasteiger partial charge < -0.3 is 4.74 Å². The van der Waals surface area contributed by atoms with Crippen molar-refractivity contribution in [3.05, 3.63) is 30.3 Å². The molecule has 0 aliphatic carbocycles. The van der Waals surface area contributed by atoms with Crippen LogP contribution in [0.15, 0.2) is 30.3 Å². The number of methoxy groups -OCH3 is 1. The molecule has 0 fully saturated rings. The minimum absolute atomic E-state index is 0.0174. The molecule has 0 aliphatic heterocycles. The molecular formula is C13H16ClNO3. The van der Waals surface area contributed by atoms with Gasteiger partial charge in [0, 0.05) is 18.7 Å². The van der Waals surface area contributed by atoms with Crippen LogP contribution in [0.3, 0.4) is 0 Å². The Morgan fingerprint density at radius 1 is 1.28 bits per heavy atom. The Hall–Kier alpha value is -1.55. The van der Waals surface area contributed by atoms with Crippen LogP contribution in [0.4, 0.5) is 10.5 Å². The van der Waals surface area contributed by atoms with Gasteiger partial charge in [-0.25, -0.2) is 4.79 Å². The fourth-order valence-corrected chi connectivity index (χ4v) is 1.68. The van der Waals surface area contributed by atoms with E-state index in [-0.39, 0.29) is 11.7 Å². The number of carbonyl (C=O) groups excluding carboxylic acids is 2. The first-order chi connectivity index (χ1) is 8.69. The lowest BCUT2D eigenvalue weighted by molar-refractivity contribution is -0.116. The number of ketones is 1. The first kappa shape index (κ1) is 14.5. The average Bonchev–Trinajstić information content (AvgIpc) is 2.43. The molecule has 0 aliphatic rings. The van der Waals surface area contributed by atoms with Gasteiger partial charge >= 0.3 is 6.09 Å². The van der Waals surface area contributed by atoms with Crippen molar-refractivity contribution in [1.29, 1.82) is 0 Å². The van der Waals surface area contributed by atoms with Crippen LogP contribution in [-0.4, -0.2) is 31.4 Å². The van der Waals surface area contributed by atoms with Crippen molar-refractivity contribution < 1.29 is 14.3 Å². The van der Waals surface area contributed by atoms with Crippen molar-refractivity contribution in [3.63, 3.8) is 0 Å². The summed E-state index contributed by atoms with van der Waals surface area (Å²) in [5.41, 5.74) is 0.752. The van der Waals surface area contributed by atoms with E-state index in [0.717, 1.165) is 5.69 Å². The fraction of sp³-hybridized carbons (Fsp3) is 0.385. The number of nitrogens with zero attached hydrogens (tertiary/aromatic N) is 1. The highest BCUT2D eigenvalue weighted by Gasteiger charge is 2.15. The lowest BCUT2D eigenvalue weighted by Crippen LogP contribution is -2.32. The van der Waals surface area contributed by atoms with Crippen LogP contribution in [0, 0.1) is 0 Å². The summed E-state index contributed by atoms with van der Waals surface area (Å²) >= 11 is 5.42. The van der Waals surface area contributed by atoms with Crippen molar-refractivity contribution in [1.82, 2.24) is 0 Å². The largest absolute Gasteiger partial charge is 0.452 e. The highest BCUT2D eigenvalue weighted by molar-refractivity contribution is 6.27. The Bertz CT molecular complexity index is 394. The van der Waals surface area contributed by atoms with Crippen LogP contribution < -0.4 is 4.90 Å². The molecule has 1 rings (SSSR count). The van der Waals surface area contributed by atoms with Gasteiger partial charge in [0.1, 0.15) is 5.78 Å². The quantitative estimate of drug-likeness (QED) is 0.746. The second-order valence-electron chi connectivity index (χ2n) is 3.73. The number of Topliss-reactive ketones (excluding diaryl/α,β-unsaturated/α-hetero) is 1. The molecule has 0 saturated carbocycles. The van der Waals surface area contributed by atoms with E-state index in [1.165, 1.54) is 12.0 Å². The minimum atomic E-state index is -0.431. The van der Waals surface area contributed by atoms with Crippen LogP contribution >= 0.6 is 11.6 Å². The molecule has 98 valence electrons. The number of anilines is 1. The SMILES string of the molecule is COC(=O)N(CCCC(=O)CCl)c1ccccc1. The molecule has 0 spiro atoms. The number of para-hydroxylation sites is 1. The zero-order chi connectivity index (χ0) is 13.4. The molecule has 1 aromatic rings. The Morgan fingerprint density at radius 3 is 2.50 bits per heavy atom. The predicted molar refractivity (Wildman–Crippen MR) is 71.2 cm³/mol. The summed E-state index contributed by atoms with van der Waals surface area (Å²) in [6.45, 7) is 0.430. The number of ether oxygens (including phenoxy) is 1. The lowest BCUT2D eigenvalue weighted by Gasteiger charge is -2.20. The molecule has 4 nitrogen and oxygen atoms in total. The van der Waals surface area contributed by atoms with Crippen LogP contribution in [0.25, 0.3) is 0 Å².